The highest BCUT2D eigenvalue weighted by molar-refractivity contribution is 9.11. The van der Waals surface area contributed by atoms with Gasteiger partial charge in [0, 0.05) is 43.2 Å². The highest BCUT2D eigenvalue weighted by atomic mass is 79.9. The molecule has 0 aromatic rings. The number of halogens is 1. The second-order valence-electron chi connectivity index (χ2n) is 4.04. The molecule has 1 aliphatic rings. The third kappa shape index (κ3) is 4.09. The Hall–Kier alpha value is 0.1000. The lowest BCUT2D eigenvalue weighted by atomic mass is 10.2. The van der Waals surface area contributed by atoms with Crippen molar-refractivity contribution in [2.75, 3.05) is 46.8 Å². The molecule has 1 rings (SSSR count). The topological polar surface area (TPSA) is 18.5 Å². The molecule has 0 aliphatic carbocycles. The molecule has 0 aromatic heterocycles. The van der Waals surface area contributed by atoms with Gasteiger partial charge in [0.05, 0.1) is 0 Å². The molecule has 1 unspecified atom stereocenters. The van der Waals surface area contributed by atoms with Crippen LogP contribution in [0.3, 0.4) is 0 Å². The molecule has 82 valence electrons. The van der Waals surface area contributed by atoms with Crippen LogP contribution in [0.1, 0.15) is 0 Å². The van der Waals surface area contributed by atoms with E-state index in [0.29, 0.717) is 6.04 Å². The minimum absolute atomic E-state index is 0.626. The van der Waals surface area contributed by atoms with Crippen molar-refractivity contribution in [3.8, 4) is 0 Å². The van der Waals surface area contributed by atoms with E-state index in [1.165, 1.54) is 6.54 Å². The monoisotopic (exact) mass is 261 g/mol. The summed E-state index contributed by atoms with van der Waals surface area (Å²) in [4.78, 5) is 4.80. The Kier molecular flexibility index (Phi) is 5.09. The molecule has 1 N–H and O–H groups in total. The van der Waals surface area contributed by atoms with Gasteiger partial charge < -0.3 is 10.2 Å². The van der Waals surface area contributed by atoms with Gasteiger partial charge in [-0.05, 0) is 14.1 Å². The van der Waals surface area contributed by atoms with Crippen LogP contribution in [0, 0.1) is 0 Å². The molecule has 0 amide bonds. The zero-order valence-electron chi connectivity index (χ0n) is 9.09. The van der Waals surface area contributed by atoms with Crippen LogP contribution in [-0.2, 0) is 0 Å². The maximum atomic E-state index is 3.80. The van der Waals surface area contributed by atoms with E-state index in [1.807, 2.05) is 0 Å². The van der Waals surface area contributed by atoms with E-state index in [-0.39, 0.29) is 0 Å². The van der Waals surface area contributed by atoms with E-state index in [0.717, 1.165) is 30.7 Å². The molecule has 0 bridgehead atoms. The zero-order chi connectivity index (χ0) is 10.6. The lowest BCUT2D eigenvalue weighted by Gasteiger charge is -2.37. The highest BCUT2D eigenvalue weighted by Crippen LogP contribution is 2.05. The number of rotatable bonds is 4. The first-order chi connectivity index (χ1) is 6.59. The summed E-state index contributed by atoms with van der Waals surface area (Å²) in [5.41, 5.74) is 0. The quantitative estimate of drug-likeness (QED) is 0.806. The van der Waals surface area contributed by atoms with E-state index in [1.54, 1.807) is 0 Å². The molecule has 1 heterocycles. The Morgan fingerprint density at radius 2 is 2.21 bits per heavy atom. The largest absolute Gasteiger partial charge is 0.311 e. The maximum absolute atomic E-state index is 3.80. The Labute approximate surface area is 95.3 Å². The highest BCUT2D eigenvalue weighted by Gasteiger charge is 2.21. The number of nitrogens with zero attached hydrogens (tertiary/aromatic N) is 2. The number of piperazine rings is 1. The van der Waals surface area contributed by atoms with Gasteiger partial charge in [0.15, 0.2) is 0 Å². The van der Waals surface area contributed by atoms with Gasteiger partial charge in [0.25, 0.3) is 0 Å². The third-order valence-electron chi connectivity index (χ3n) is 2.68. The molecule has 14 heavy (non-hydrogen) atoms. The molecule has 0 saturated carbocycles. The van der Waals surface area contributed by atoms with Gasteiger partial charge in [0.2, 0.25) is 0 Å². The summed E-state index contributed by atoms with van der Waals surface area (Å²) in [5.74, 6) is 0. The van der Waals surface area contributed by atoms with E-state index in [2.05, 4.69) is 51.7 Å². The van der Waals surface area contributed by atoms with Crippen molar-refractivity contribution in [2.45, 2.75) is 6.04 Å². The number of likely N-dealkylation sites (N-methyl/N-ethyl adjacent to an activating group) is 2. The molecule has 1 aliphatic heterocycles. The van der Waals surface area contributed by atoms with E-state index in [4.69, 9.17) is 0 Å². The van der Waals surface area contributed by atoms with Crippen molar-refractivity contribution in [2.24, 2.45) is 0 Å². The maximum Gasteiger partial charge on any atom is 0.0345 e. The van der Waals surface area contributed by atoms with Crippen LogP contribution in [0.4, 0.5) is 0 Å². The number of hydrogen-bond acceptors (Lipinski definition) is 3. The lowest BCUT2D eigenvalue weighted by Crippen LogP contribution is -2.53. The van der Waals surface area contributed by atoms with Crippen LogP contribution < -0.4 is 5.32 Å². The summed E-state index contributed by atoms with van der Waals surface area (Å²) in [5, 5.41) is 3.39. The fourth-order valence-electron chi connectivity index (χ4n) is 1.70. The van der Waals surface area contributed by atoms with Gasteiger partial charge in [-0.2, -0.15) is 0 Å². The molecule has 3 nitrogen and oxygen atoms in total. The molecular formula is C10H20BrN3. The first-order valence-corrected chi connectivity index (χ1v) is 5.81. The van der Waals surface area contributed by atoms with Gasteiger partial charge in [0.1, 0.15) is 0 Å². The third-order valence-corrected chi connectivity index (χ3v) is 2.96. The van der Waals surface area contributed by atoms with Crippen molar-refractivity contribution in [3.05, 3.63) is 11.1 Å². The predicted molar refractivity (Wildman–Crippen MR) is 64.9 cm³/mol. The zero-order valence-corrected chi connectivity index (χ0v) is 10.7. The second kappa shape index (κ2) is 5.85. The predicted octanol–water partition coefficient (Wildman–Crippen LogP) is 0.730. The average Bonchev–Trinajstić information content (AvgIpc) is 2.10. The van der Waals surface area contributed by atoms with Crippen LogP contribution in [0.15, 0.2) is 11.1 Å². The minimum atomic E-state index is 0.626. The average molecular weight is 262 g/mol. The Morgan fingerprint density at radius 1 is 1.50 bits per heavy atom. The number of hydrogen-bond donors (Lipinski definition) is 1. The molecular weight excluding hydrogens is 242 g/mol. The molecule has 1 fully saturated rings. The molecule has 0 aromatic carbocycles. The lowest BCUT2D eigenvalue weighted by molar-refractivity contribution is 0.114. The van der Waals surface area contributed by atoms with Crippen molar-refractivity contribution in [3.63, 3.8) is 0 Å². The summed E-state index contributed by atoms with van der Waals surface area (Å²) >= 11 is 3.35. The summed E-state index contributed by atoms with van der Waals surface area (Å²) in [7, 11) is 4.38. The van der Waals surface area contributed by atoms with Gasteiger partial charge in [-0.25, -0.2) is 0 Å². The Balaban J connectivity index is 2.24. The minimum Gasteiger partial charge on any atom is -0.311 e. The van der Waals surface area contributed by atoms with Crippen LogP contribution in [0.5, 0.6) is 0 Å². The fourth-order valence-corrected chi connectivity index (χ4v) is 1.89. The van der Waals surface area contributed by atoms with Gasteiger partial charge >= 0.3 is 0 Å². The second-order valence-corrected chi connectivity index (χ2v) is 5.17. The van der Waals surface area contributed by atoms with Gasteiger partial charge in [-0.3, -0.25) is 4.90 Å². The van der Waals surface area contributed by atoms with Crippen LogP contribution in [-0.4, -0.2) is 62.7 Å². The van der Waals surface area contributed by atoms with E-state index >= 15 is 0 Å². The van der Waals surface area contributed by atoms with Crippen LogP contribution in [0.25, 0.3) is 0 Å². The first kappa shape index (κ1) is 12.2. The van der Waals surface area contributed by atoms with Gasteiger partial charge in [-0.1, -0.05) is 22.5 Å². The summed E-state index contributed by atoms with van der Waals surface area (Å²) in [6.07, 6.45) is 0. The summed E-state index contributed by atoms with van der Waals surface area (Å²) in [6.45, 7) is 9.18. The van der Waals surface area contributed by atoms with E-state index < -0.39 is 0 Å². The smallest absolute Gasteiger partial charge is 0.0345 e. The van der Waals surface area contributed by atoms with Crippen LogP contribution >= 0.6 is 15.9 Å². The Bertz CT molecular complexity index is 196. The van der Waals surface area contributed by atoms with Crippen molar-refractivity contribution < 1.29 is 0 Å². The molecule has 1 atom stereocenters. The first-order valence-electron chi connectivity index (χ1n) is 5.02. The molecule has 1 saturated heterocycles. The standard InChI is InChI=1S/C10H20BrN3/c1-9(11)6-12-7-10-8-13(2)4-5-14(10)3/h10,12H,1,4-8H2,2-3H3. The molecule has 0 spiro atoms. The SMILES string of the molecule is C=C(Br)CNCC1CN(C)CCN1C. The van der Waals surface area contributed by atoms with Crippen LogP contribution in [0.2, 0.25) is 0 Å². The molecule has 0 radical (unpaired) electrons. The van der Waals surface area contributed by atoms with Crippen molar-refractivity contribution in [1.82, 2.24) is 15.1 Å². The Morgan fingerprint density at radius 3 is 2.86 bits per heavy atom. The van der Waals surface area contributed by atoms with Crippen molar-refractivity contribution >= 4 is 15.9 Å². The summed E-state index contributed by atoms with van der Waals surface area (Å²) < 4.78 is 1.02. The number of nitrogens with one attached hydrogen (secondary N) is 1. The molecule has 4 heteroatoms. The van der Waals surface area contributed by atoms with Crippen molar-refractivity contribution in [1.29, 1.82) is 0 Å². The van der Waals surface area contributed by atoms with Gasteiger partial charge in [-0.15, -0.1) is 0 Å². The normalized spacial score (nSPS) is 25.2. The fraction of sp³-hybridized carbons (Fsp3) is 0.800. The van der Waals surface area contributed by atoms with E-state index in [9.17, 15) is 0 Å². The summed E-state index contributed by atoms with van der Waals surface area (Å²) in [6, 6.07) is 0.626.